The van der Waals surface area contributed by atoms with Crippen LogP contribution in [0.15, 0.2) is 51.1 Å². The molecule has 110 valence electrons. The molecule has 1 amide bonds. The molecule has 3 N–H and O–H groups in total. The van der Waals surface area contributed by atoms with Crippen molar-refractivity contribution in [1.82, 2.24) is 0 Å². The highest BCUT2D eigenvalue weighted by molar-refractivity contribution is 7.98. The minimum absolute atomic E-state index is 0.186. The number of benzene rings is 1. The smallest absolute Gasteiger partial charge is 0.265 e. The molecular formula is C14H15N3O2S2. The molecule has 21 heavy (non-hydrogen) atoms. The number of hydrogen-bond donors (Lipinski definition) is 2. The van der Waals surface area contributed by atoms with Crippen molar-refractivity contribution in [3.05, 3.63) is 46.7 Å². The summed E-state index contributed by atoms with van der Waals surface area (Å²) < 4.78 is 0. The number of rotatable bonds is 6. The van der Waals surface area contributed by atoms with Crippen molar-refractivity contribution >= 4 is 40.5 Å². The van der Waals surface area contributed by atoms with Crippen molar-refractivity contribution in [3.8, 4) is 0 Å². The first-order chi connectivity index (χ1) is 10.2. The van der Waals surface area contributed by atoms with E-state index in [1.54, 1.807) is 11.8 Å². The van der Waals surface area contributed by atoms with Crippen LogP contribution < -0.4 is 11.1 Å². The largest absolute Gasteiger partial charge is 0.384 e. The molecule has 0 unspecified atom stereocenters. The molecule has 1 aromatic carbocycles. The summed E-state index contributed by atoms with van der Waals surface area (Å²) in [4.78, 5) is 17.8. The summed E-state index contributed by atoms with van der Waals surface area (Å²) in [6.07, 6.45) is 1.98. The van der Waals surface area contributed by atoms with E-state index >= 15 is 0 Å². The third-order valence-corrected chi connectivity index (χ3v) is 3.94. The lowest BCUT2D eigenvalue weighted by Gasteiger charge is -2.06. The Morgan fingerprint density at radius 3 is 3.05 bits per heavy atom. The van der Waals surface area contributed by atoms with Crippen LogP contribution in [-0.4, -0.2) is 24.6 Å². The summed E-state index contributed by atoms with van der Waals surface area (Å²) in [5.41, 5.74) is 7.23. The van der Waals surface area contributed by atoms with E-state index in [1.807, 2.05) is 47.3 Å². The third kappa shape index (κ3) is 4.80. The van der Waals surface area contributed by atoms with Crippen molar-refractivity contribution < 1.29 is 9.63 Å². The molecule has 0 bridgehead atoms. The second-order valence-electron chi connectivity index (χ2n) is 4.04. The Kier molecular flexibility index (Phi) is 5.65. The van der Waals surface area contributed by atoms with Crippen LogP contribution in [0.1, 0.15) is 5.56 Å². The number of nitrogens with zero attached hydrogens (tertiary/aromatic N) is 1. The van der Waals surface area contributed by atoms with E-state index in [9.17, 15) is 4.79 Å². The number of carbonyl (C=O) groups is 1. The first-order valence-electron chi connectivity index (χ1n) is 6.11. The molecule has 7 heteroatoms. The van der Waals surface area contributed by atoms with Gasteiger partial charge in [-0.25, -0.2) is 0 Å². The molecule has 0 saturated carbocycles. The van der Waals surface area contributed by atoms with Gasteiger partial charge in [0.15, 0.2) is 12.4 Å². The molecule has 0 radical (unpaired) electrons. The van der Waals surface area contributed by atoms with Gasteiger partial charge in [-0.2, -0.15) is 11.3 Å². The maximum absolute atomic E-state index is 11.7. The van der Waals surface area contributed by atoms with Gasteiger partial charge in [-0.05, 0) is 35.9 Å². The van der Waals surface area contributed by atoms with Crippen molar-refractivity contribution in [1.29, 1.82) is 0 Å². The van der Waals surface area contributed by atoms with Crippen LogP contribution in [-0.2, 0) is 9.63 Å². The predicted octanol–water partition coefficient (Wildman–Crippen LogP) is 2.75. The summed E-state index contributed by atoms with van der Waals surface area (Å²) in [5, 5.41) is 10.2. The summed E-state index contributed by atoms with van der Waals surface area (Å²) >= 11 is 3.13. The molecule has 0 atom stereocenters. The first kappa shape index (κ1) is 15.4. The minimum Gasteiger partial charge on any atom is -0.384 e. The fourth-order valence-electron chi connectivity index (χ4n) is 1.52. The zero-order chi connectivity index (χ0) is 15.1. The second kappa shape index (κ2) is 7.70. The molecule has 1 aromatic heterocycles. The van der Waals surface area contributed by atoms with Crippen LogP contribution >= 0.6 is 23.1 Å². The number of hydrogen-bond acceptors (Lipinski definition) is 5. The number of anilines is 1. The number of amidine groups is 1. The Morgan fingerprint density at radius 2 is 2.33 bits per heavy atom. The first-order valence-corrected chi connectivity index (χ1v) is 8.27. The molecule has 0 aliphatic carbocycles. The Hall–Kier alpha value is -1.99. The molecule has 0 aliphatic heterocycles. The molecule has 5 nitrogen and oxygen atoms in total. The average molecular weight is 321 g/mol. The molecule has 0 saturated heterocycles. The Morgan fingerprint density at radius 1 is 1.48 bits per heavy atom. The van der Waals surface area contributed by atoms with Gasteiger partial charge in [0.05, 0.1) is 0 Å². The van der Waals surface area contributed by atoms with Gasteiger partial charge < -0.3 is 15.9 Å². The van der Waals surface area contributed by atoms with Gasteiger partial charge in [-0.15, -0.1) is 11.8 Å². The number of nitrogens with one attached hydrogen (secondary N) is 1. The maximum Gasteiger partial charge on any atom is 0.265 e. The highest BCUT2D eigenvalue weighted by Gasteiger charge is 2.04. The van der Waals surface area contributed by atoms with Crippen LogP contribution in [0.2, 0.25) is 0 Å². The van der Waals surface area contributed by atoms with Crippen molar-refractivity contribution in [2.24, 2.45) is 10.9 Å². The van der Waals surface area contributed by atoms with E-state index < -0.39 is 0 Å². The van der Waals surface area contributed by atoms with E-state index in [0.717, 1.165) is 16.1 Å². The van der Waals surface area contributed by atoms with Crippen LogP contribution in [0.3, 0.4) is 0 Å². The minimum atomic E-state index is -0.282. The van der Waals surface area contributed by atoms with E-state index in [2.05, 4.69) is 10.5 Å². The van der Waals surface area contributed by atoms with Crippen LogP contribution in [0.4, 0.5) is 5.69 Å². The van der Waals surface area contributed by atoms with Crippen molar-refractivity contribution in [2.45, 2.75) is 4.90 Å². The van der Waals surface area contributed by atoms with Gasteiger partial charge in [-0.1, -0.05) is 11.2 Å². The molecule has 0 aliphatic rings. The molecule has 2 aromatic rings. The standard InChI is InChI=1S/C14H15N3O2S2/c1-20-12-4-2-3-11(7-12)16-13(18)8-19-17-14(15)10-5-6-21-9-10/h2-7,9H,8H2,1H3,(H2,15,17)(H,16,18). The molecule has 2 rings (SSSR count). The fraction of sp³-hybridized carbons (Fsp3) is 0.143. The van der Waals surface area contributed by atoms with Crippen LogP contribution in [0, 0.1) is 0 Å². The predicted molar refractivity (Wildman–Crippen MR) is 87.8 cm³/mol. The van der Waals surface area contributed by atoms with Crippen LogP contribution in [0.5, 0.6) is 0 Å². The number of oxime groups is 1. The topological polar surface area (TPSA) is 76.7 Å². The van der Waals surface area contributed by atoms with Gasteiger partial charge in [0.1, 0.15) is 0 Å². The summed E-state index contributed by atoms with van der Waals surface area (Å²) in [7, 11) is 0. The Bertz CT molecular complexity index is 627. The van der Waals surface area contributed by atoms with Crippen LogP contribution in [0.25, 0.3) is 0 Å². The maximum atomic E-state index is 11.7. The fourth-order valence-corrected chi connectivity index (χ4v) is 2.63. The monoisotopic (exact) mass is 321 g/mol. The number of thiophene rings is 1. The molecular weight excluding hydrogens is 306 g/mol. The number of thioether (sulfide) groups is 1. The molecule has 0 spiro atoms. The van der Waals surface area contributed by atoms with E-state index in [4.69, 9.17) is 10.6 Å². The number of nitrogens with two attached hydrogens (primary N) is 1. The summed E-state index contributed by atoms with van der Waals surface area (Å²) in [5.74, 6) is -0.0245. The van der Waals surface area contributed by atoms with E-state index in [0.29, 0.717) is 0 Å². The van der Waals surface area contributed by atoms with Gasteiger partial charge in [0.2, 0.25) is 0 Å². The Labute approximate surface area is 131 Å². The Balaban J connectivity index is 1.83. The highest BCUT2D eigenvalue weighted by atomic mass is 32.2. The lowest BCUT2D eigenvalue weighted by molar-refractivity contribution is -0.120. The van der Waals surface area contributed by atoms with E-state index in [1.165, 1.54) is 11.3 Å². The van der Waals surface area contributed by atoms with Gasteiger partial charge in [0, 0.05) is 21.5 Å². The highest BCUT2D eigenvalue weighted by Crippen LogP contribution is 2.18. The lowest BCUT2D eigenvalue weighted by Crippen LogP contribution is -2.19. The second-order valence-corrected chi connectivity index (χ2v) is 5.70. The third-order valence-electron chi connectivity index (χ3n) is 2.53. The van der Waals surface area contributed by atoms with Gasteiger partial charge in [-0.3, -0.25) is 4.79 Å². The SMILES string of the molecule is CSc1cccc(NC(=O)CO/N=C(\N)c2ccsc2)c1. The lowest BCUT2D eigenvalue weighted by atomic mass is 10.3. The molecule has 0 fully saturated rings. The molecule has 1 heterocycles. The van der Waals surface area contributed by atoms with Crippen molar-refractivity contribution in [2.75, 3.05) is 18.2 Å². The zero-order valence-corrected chi connectivity index (χ0v) is 13.0. The van der Waals surface area contributed by atoms with Crippen molar-refractivity contribution in [3.63, 3.8) is 0 Å². The quantitative estimate of drug-likeness (QED) is 0.371. The van der Waals surface area contributed by atoms with Gasteiger partial charge in [0.25, 0.3) is 5.91 Å². The zero-order valence-electron chi connectivity index (χ0n) is 11.4. The number of amides is 1. The van der Waals surface area contributed by atoms with E-state index in [-0.39, 0.29) is 18.3 Å². The average Bonchev–Trinajstić information content (AvgIpc) is 3.01. The summed E-state index contributed by atoms with van der Waals surface area (Å²) in [6, 6.07) is 9.41. The number of carbonyl (C=O) groups excluding carboxylic acids is 1. The summed E-state index contributed by atoms with van der Waals surface area (Å²) in [6.45, 7) is -0.186. The normalized spacial score (nSPS) is 11.2. The van der Waals surface area contributed by atoms with Gasteiger partial charge >= 0.3 is 0 Å².